The fourth-order valence-electron chi connectivity index (χ4n) is 4.06. The molecule has 1 fully saturated rings. The van der Waals surface area contributed by atoms with E-state index in [0.29, 0.717) is 49.4 Å². The van der Waals surface area contributed by atoms with Crippen molar-refractivity contribution in [2.24, 2.45) is 0 Å². The number of para-hydroxylation sites is 2. The Morgan fingerprint density at radius 1 is 0.971 bits per heavy atom. The molecule has 1 saturated heterocycles. The first-order valence-corrected chi connectivity index (χ1v) is 12.3. The zero-order chi connectivity index (χ0) is 24.2. The van der Waals surface area contributed by atoms with E-state index in [1.165, 1.54) is 16.3 Å². The van der Waals surface area contributed by atoms with E-state index in [1.54, 1.807) is 15.9 Å². The summed E-state index contributed by atoms with van der Waals surface area (Å²) in [5, 5.41) is 7.00. The second-order valence-corrected chi connectivity index (χ2v) is 9.18. The van der Waals surface area contributed by atoms with Gasteiger partial charge in [0, 0.05) is 26.2 Å². The van der Waals surface area contributed by atoms with Crippen molar-refractivity contribution in [2.75, 3.05) is 38.5 Å². The summed E-state index contributed by atoms with van der Waals surface area (Å²) >= 11 is 1.22. The molecule has 1 aromatic heterocycles. The minimum absolute atomic E-state index is 0.0602. The molecule has 1 N–H and O–H groups in total. The van der Waals surface area contributed by atoms with E-state index in [2.05, 4.69) is 10.2 Å². The van der Waals surface area contributed by atoms with E-state index in [9.17, 15) is 14.4 Å². The van der Waals surface area contributed by atoms with Gasteiger partial charge in [0.2, 0.25) is 12.0 Å². The van der Waals surface area contributed by atoms with E-state index in [4.69, 9.17) is 9.47 Å². The predicted molar refractivity (Wildman–Crippen MR) is 129 cm³/mol. The fourth-order valence-corrected chi connectivity index (χ4v) is 4.91. The van der Waals surface area contributed by atoms with Crippen molar-refractivity contribution in [1.82, 2.24) is 24.6 Å². The van der Waals surface area contributed by atoms with Crippen molar-refractivity contribution in [3.63, 3.8) is 0 Å². The van der Waals surface area contributed by atoms with E-state index in [1.807, 2.05) is 48.5 Å². The summed E-state index contributed by atoms with van der Waals surface area (Å²) in [5.41, 5.74) is 0.660. The highest BCUT2D eigenvalue weighted by molar-refractivity contribution is 7.99. The Bertz CT molecular complexity index is 1250. The third-order valence-electron chi connectivity index (χ3n) is 5.96. The van der Waals surface area contributed by atoms with Crippen LogP contribution in [0.5, 0.6) is 11.5 Å². The summed E-state index contributed by atoms with van der Waals surface area (Å²) < 4.78 is 13.0. The number of thioether (sulfide) groups is 1. The van der Waals surface area contributed by atoms with Crippen LogP contribution in [0.15, 0.2) is 64.5 Å². The fraction of sp³-hybridized carbons (Fsp3) is 0.333. The maximum absolute atomic E-state index is 12.9. The largest absolute Gasteiger partial charge is 0.485 e. The molecule has 2 amide bonds. The number of aromatic nitrogens is 3. The van der Waals surface area contributed by atoms with Crippen molar-refractivity contribution in [3.8, 4) is 11.5 Å². The first-order valence-electron chi connectivity index (χ1n) is 11.4. The van der Waals surface area contributed by atoms with Crippen LogP contribution in [-0.4, -0.2) is 81.0 Å². The molecule has 0 unspecified atom stereocenters. The van der Waals surface area contributed by atoms with Gasteiger partial charge in [-0.15, -0.1) is 5.10 Å². The van der Waals surface area contributed by atoms with Gasteiger partial charge < -0.3 is 19.3 Å². The summed E-state index contributed by atoms with van der Waals surface area (Å²) in [7, 11) is 0. The molecule has 0 saturated carbocycles. The third kappa shape index (κ3) is 5.19. The number of rotatable bonds is 6. The Morgan fingerprint density at radius 2 is 1.66 bits per heavy atom. The maximum atomic E-state index is 12.9. The van der Waals surface area contributed by atoms with Gasteiger partial charge in [0.1, 0.15) is 6.61 Å². The number of H-pyrrole nitrogens is 1. The Morgan fingerprint density at radius 3 is 2.43 bits per heavy atom. The smallest absolute Gasteiger partial charge is 0.344 e. The lowest BCUT2D eigenvalue weighted by Crippen LogP contribution is -2.55. The van der Waals surface area contributed by atoms with Crippen LogP contribution in [0.3, 0.4) is 0 Å². The molecule has 2 aliphatic heterocycles. The highest BCUT2D eigenvalue weighted by atomic mass is 32.2. The van der Waals surface area contributed by atoms with Gasteiger partial charge in [-0.3, -0.25) is 14.2 Å². The molecule has 0 spiro atoms. The molecule has 11 heteroatoms. The number of piperazine rings is 1. The number of fused-ring (bicyclic) bond motifs is 1. The number of aromatic amines is 1. The molecule has 0 bridgehead atoms. The number of hydrogen-bond acceptors (Lipinski definition) is 7. The molecule has 182 valence electrons. The highest BCUT2D eigenvalue weighted by Gasteiger charge is 2.33. The van der Waals surface area contributed by atoms with Crippen LogP contribution in [0.25, 0.3) is 0 Å². The molecule has 1 atom stereocenters. The highest BCUT2D eigenvalue weighted by Crippen LogP contribution is 2.31. The Hall–Kier alpha value is -3.73. The quantitative estimate of drug-likeness (QED) is 0.512. The molecular weight excluding hydrogens is 470 g/mol. The molecule has 2 aliphatic rings. The van der Waals surface area contributed by atoms with Gasteiger partial charge in [-0.2, -0.15) is 0 Å². The molecule has 2 aromatic carbocycles. The second kappa shape index (κ2) is 10.3. The number of carbonyl (C=O) groups is 2. The summed E-state index contributed by atoms with van der Waals surface area (Å²) in [6, 6.07) is 16.9. The van der Waals surface area contributed by atoms with E-state index >= 15 is 0 Å². The van der Waals surface area contributed by atoms with Gasteiger partial charge in [0.15, 0.2) is 16.7 Å². The van der Waals surface area contributed by atoms with Gasteiger partial charge in [-0.1, -0.05) is 54.2 Å². The van der Waals surface area contributed by atoms with E-state index in [-0.39, 0.29) is 29.9 Å². The summed E-state index contributed by atoms with van der Waals surface area (Å²) in [5.74, 6) is 1.16. The number of hydrogen-bond donors (Lipinski definition) is 1. The number of amides is 2. The summed E-state index contributed by atoms with van der Waals surface area (Å²) in [6.07, 6.45) is -0.691. The summed E-state index contributed by atoms with van der Waals surface area (Å²) in [4.78, 5) is 41.3. The van der Waals surface area contributed by atoms with Crippen LogP contribution >= 0.6 is 11.8 Å². The van der Waals surface area contributed by atoms with E-state index < -0.39 is 6.10 Å². The number of nitrogens with one attached hydrogen (secondary N) is 1. The molecule has 35 heavy (non-hydrogen) atoms. The first kappa shape index (κ1) is 23.0. The van der Waals surface area contributed by atoms with Crippen molar-refractivity contribution in [1.29, 1.82) is 0 Å². The van der Waals surface area contributed by atoms with Gasteiger partial charge in [0.05, 0.1) is 12.3 Å². The average Bonchev–Trinajstić information content (AvgIpc) is 3.26. The second-order valence-electron chi connectivity index (χ2n) is 8.24. The Labute approximate surface area is 205 Å². The molecular formula is C24H25N5O5S. The van der Waals surface area contributed by atoms with Crippen LogP contribution in [0.1, 0.15) is 5.56 Å². The SMILES string of the molecule is O=C(CSc1n[nH]c(=O)n1Cc1ccccc1)N1CCN(C(=O)[C@H]2COc3ccccc3O2)CC1. The lowest BCUT2D eigenvalue weighted by atomic mass is 10.2. The van der Waals surface area contributed by atoms with Crippen molar-refractivity contribution >= 4 is 23.6 Å². The van der Waals surface area contributed by atoms with Gasteiger partial charge in [-0.05, 0) is 17.7 Å². The lowest BCUT2D eigenvalue weighted by molar-refractivity contribution is -0.145. The lowest BCUT2D eigenvalue weighted by Gasteiger charge is -2.37. The zero-order valence-corrected chi connectivity index (χ0v) is 19.8. The van der Waals surface area contributed by atoms with Crippen molar-refractivity contribution in [3.05, 3.63) is 70.6 Å². The van der Waals surface area contributed by atoms with Crippen LogP contribution in [0, 0.1) is 0 Å². The van der Waals surface area contributed by atoms with Crippen molar-refractivity contribution < 1.29 is 19.1 Å². The molecule has 0 aliphatic carbocycles. The number of ether oxygens (including phenoxy) is 2. The maximum Gasteiger partial charge on any atom is 0.344 e. The van der Waals surface area contributed by atoms with Crippen LogP contribution in [-0.2, 0) is 16.1 Å². The van der Waals surface area contributed by atoms with Gasteiger partial charge in [0.25, 0.3) is 5.91 Å². The number of nitrogens with zero attached hydrogens (tertiary/aromatic N) is 4. The topological polar surface area (TPSA) is 110 Å². The third-order valence-corrected chi connectivity index (χ3v) is 6.92. The van der Waals surface area contributed by atoms with Crippen LogP contribution < -0.4 is 15.2 Å². The molecule has 5 rings (SSSR count). The van der Waals surface area contributed by atoms with Gasteiger partial charge in [-0.25, -0.2) is 9.89 Å². The normalized spacial score (nSPS) is 17.3. The summed E-state index contributed by atoms with van der Waals surface area (Å²) in [6.45, 7) is 2.28. The number of carbonyl (C=O) groups excluding carboxylic acids is 2. The zero-order valence-electron chi connectivity index (χ0n) is 19.0. The van der Waals surface area contributed by atoms with Gasteiger partial charge >= 0.3 is 5.69 Å². The minimum Gasteiger partial charge on any atom is -0.485 e. The average molecular weight is 496 g/mol. The Kier molecular flexibility index (Phi) is 6.75. The standard InChI is InChI=1S/C24H25N5O5S/c30-21(16-35-24-26-25-23(32)29(24)14-17-6-2-1-3-7-17)27-10-12-28(13-11-27)22(31)20-15-33-18-8-4-5-9-19(18)34-20/h1-9,20H,10-16H2,(H,25,32)/t20-/m1/s1. The molecule has 10 nitrogen and oxygen atoms in total. The van der Waals surface area contributed by atoms with Crippen LogP contribution in [0.4, 0.5) is 0 Å². The number of benzene rings is 2. The minimum atomic E-state index is -0.691. The molecule has 3 aromatic rings. The van der Waals surface area contributed by atoms with E-state index in [0.717, 1.165) is 5.56 Å². The predicted octanol–water partition coefficient (Wildman–Crippen LogP) is 1.22. The molecule has 0 radical (unpaired) electrons. The first-order chi connectivity index (χ1) is 17.1. The van der Waals surface area contributed by atoms with Crippen molar-refractivity contribution in [2.45, 2.75) is 17.8 Å². The monoisotopic (exact) mass is 495 g/mol. The van der Waals surface area contributed by atoms with Crippen LogP contribution in [0.2, 0.25) is 0 Å². The Balaban J connectivity index is 1.12. The molecule has 3 heterocycles.